The Bertz CT molecular complexity index is 558. The van der Waals surface area contributed by atoms with Crippen LogP contribution in [0.15, 0.2) is 30.6 Å². The smallest absolute Gasteiger partial charge is 0.185 e. The first-order valence-corrected chi connectivity index (χ1v) is 6.03. The Labute approximate surface area is 117 Å². The van der Waals surface area contributed by atoms with Crippen LogP contribution in [-0.4, -0.2) is 29.3 Å². The Morgan fingerprint density at radius 1 is 1.10 bits per heavy atom. The Morgan fingerprint density at radius 3 is 2.55 bits per heavy atom. The van der Waals surface area contributed by atoms with Crippen LogP contribution in [-0.2, 0) is 13.2 Å². The molecule has 0 saturated heterocycles. The van der Waals surface area contributed by atoms with Crippen molar-refractivity contribution in [3.63, 3.8) is 0 Å². The molecule has 0 saturated carbocycles. The molecule has 1 N–H and O–H groups in total. The summed E-state index contributed by atoms with van der Waals surface area (Å²) in [7, 11) is 3.13. The van der Waals surface area contributed by atoms with Gasteiger partial charge in [-0.3, -0.25) is 9.97 Å². The lowest BCUT2D eigenvalue weighted by Crippen LogP contribution is -2.03. The van der Waals surface area contributed by atoms with E-state index >= 15 is 0 Å². The number of nitrogens with zero attached hydrogens (tertiary/aromatic N) is 2. The average molecular weight is 276 g/mol. The Morgan fingerprint density at radius 2 is 1.95 bits per heavy atom. The highest BCUT2D eigenvalue weighted by Gasteiger charge is 2.11. The number of hydrogen-bond donors (Lipinski definition) is 1. The van der Waals surface area contributed by atoms with Gasteiger partial charge in [-0.05, 0) is 12.1 Å². The minimum atomic E-state index is -0.0917. The molecule has 0 atom stereocenters. The Hall–Kier alpha value is -2.34. The molecule has 0 aliphatic rings. The third kappa shape index (κ3) is 3.16. The molecule has 20 heavy (non-hydrogen) atoms. The molecule has 0 fully saturated rings. The Kier molecular flexibility index (Phi) is 4.73. The van der Waals surface area contributed by atoms with Crippen LogP contribution >= 0.6 is 0 Å². The van der Waals surface area contributed by atoms with Crippen molar-refractivity contribution in [2.75, 3.05) is 14.2 Å². The first-order valence-electron chi connectivity index (χ1n) is 6.03. The molecule has 2 aromatic heterocycles. The summed E-state index contributed by atoms with van der Waals surface area (Å²) in [6.45, 7) is 0.145. The van der Waals surface area contributed by atoms with Gasteiger partial charge in [-0.15, -0.1) is 0 Å². The van der Waals surface area contributed by atoms with Crippen molar-refractivity contribution >= 4 is 0 Å². The van der Waals surface area contributed by atoms with Crippen molar-refractivity contribution in [2.45, 2.75) is 13.2 Å². The van der Waals surface area contributed by atoms with Crippen LogP contribution < -0.4 is 14.2 Å². The van der Waals surface area contributed by atoms with Crippen molar-refractivity contribution in [1.29, 1.82) is 0 Å². The summed E-state index contributed by atoms with van der Waals surface area (Å²) >= 11 is 0. The minimum Gasteiger partial charge on any atom is -0.493 e. The van der Waals surface area contributed by atoms with Crippen LogP contribution in [0.4, 0.5) is 0 Å². The average Bonchev–Trinajstić information content (AvgIpc) is 2.52. The fourth-order valence-electron chi connectivity index (χ4n) is 1.69. The minimum absolute atomic E-state index is 0.0917. The molecule has 0 unspecified atom stereocenters. The van der Waals surface area contributed by atoms with E-state index in [4.69, 9.17) is 19.3 Å². The van der Waals surface area contributed by atoms with E-state index in [2.05, 4.69) is 9.97 Å². The van der Waals surface area contributed by atoms with Gasteiger partial charge < -0.3 is 19.3 Å². The maximum atomic E-state index is 8.92. The van der Waals surface area contributed by atoms with Crippen LogP contribution in [0.25, 0.3) is 0 Å². The van der Waals surface area contributed by atoms with E-state index < -0.39 is 0 Å². The number of methoxy groups -OCH3 is 2. The zero-order valence-corrected chi connectivity index (χ0v) is 11.4. The summed E-state index contributed by atoms with van der Waals surface area (Å²) < 4.78 is 16.1. The summed E-state index contributed by atoms with van der Waals surface area (Å²) in [6.07, 6.45) is 3.19. The van der Waals surface area contributed by atoms with Crippen LogP contribution in [0.1, 0.15) is 11.4 Å². The van der Waals surface area contributed by atoms with Gasteiger partial charge in [-0.2, -0.15) is 0 Å². The van der Waals surface area contributed by atoms with E-state index in [-0.39, 0.29) is 13.2 Å². The number of aliphatic hydroxyl groups excluding tert-OH is 1. The van der Waals surface area contributed by atoms with E-state index in [1.807, 2.05) is 0 Å². The van der Waals surface area contributed by atoms with Crippen molar-refractivity contribution in [2.24, 2.45) is 0 Å². The summed E-state index contributed by atoms with van der Waals surface area (Å²) in [5.74, 6) is 1.75. The van der Waals surface area contributed by atoms with Gasteiger partial charge in [0.2, 0.25) is 0 Å². The number of rotatable bonds is 6. The number of ether oxygens (including phenoxy) is 3. The molecule has 0 aliphatic heterocycles. The van der Waals surface area contributed by atoms with Crippen LogP contribution in [0.2, 0.25) is 0 Å². The van der Waals surface area contributed by atoms with Gasteiger partial charge in [0.1, 0.15) is 18.1 Å². The second kappa shape index (κ2) is 6.72. The zero-order chi connectivity index (χ0) is 14.4. The predicted octanol–water partition coefficient (Wildman–Crippen LogP) is 1.57. The van der Waals surface area contributed by atoms with Gasteiger partial charge in [-0.25, -0.2) is 0 Å². The molecule has 2 heterocycles. The largest absolute Gasteiger partial charge is 0.493 e. The van der Waals surface area contributed by atoms with Gasteiger partial charge >= 0.3 is 0 Å². The number of aromatic nitrogens is 2. The number of hydrogen-bond acceptors (Lipinski definition) is 6. The van der Waals surface area contributed by atoms with Gasteiger partial charge in [-0.1, -0.05) is 0 Å². The molecule has 0 bridgehead atoms. The lowest BCUT2D eigenvalue weighted by atomic mass is 10.3. The monoisotopic (exact) mass is 276 g/mol. The van der Waals surface area contributed by atoms with E-state index in [1.54, 1.807) is 44.8 Å². The normalized spacial score (nSPS) is 10.2. The second-order valence-corrected chi connectivity index (χ2v) is 3.93. The fraction of sp³-hybridized carbons (Fsp3) is 0.286. The molecule has 0 radical (unpaired) electrons. The number of aliphatic hydroxyl groups is 1. The molecule has 2 rings (SSSR count). The number of pyridine rings is 2. The van der Waals surface area contributed by atoms with Crippen LogP contribution in [0.5, 0.6) is 17.2 Å². The lowest BCUT2D eigenvalue weighted by Gasteiger charge is -2.12. The molecule has 2 aromatic rings. The maximum absolute atomic E-state index is 8.92. The van der Waals surface area contributed by atoms with Gasteiger partial charge in [0.25, 0.3) is 0 Å². The van der Waals surface area contributed by atoms with Gasteiger partial charge in [0, 0.05) is 12.3 Å². The first-order chi connectivity index (χ1) is 9.78. The SMILES string of the molecule is COc1ccnc(COc2ccc(CO)nc2)c1OC. The topological polar surface area (TPSA) is 73.7 Å². The van der Waals surface area contributed by atoms with Crippen LogP contribution in [0.3, 0.4) is 0 Å². The maximum Gasteiger partial charge on any atom is 0.185 e. The molecule has 0 spiro atoms. The van der Waals surface area contributed by atoms with Crippen molar-refractivity contribution in [1.82, 2.24) is 9.97 Å². The van der Waals surface area contributed by atoms with Crippen molar-refractivity contribution in [3.05, 3.63) is 42.0 Å². The first kappa shape index (κ1) is 14.1. The van der Waals surface area contributed by atoms with Crippen molar-refractivity contribution < 1.29 is 19.3 Å². The molecule has 0 amide bonds. The highest BCUT2D eigenvalue weighted by molar-refractivity contribution is 5.42. The summed E-state index contributed by atoms with van der Waals surface area (Å²) in [5, 5.41) is 8.92. The Balaban J connectivity index is 2.10. The second-order valence-electron chi connectivity index (χ2n) is 3.93. The fourth-order valence-corrected chi connectivity index (χ4v) is 1.69. The molecule has 0 aliphatic carbocycles. The van der Waals surface area contributed by atoms with Crippen LogP contribution in [0, 0.1) is 0 Å². The third-order valence-corrected chi connectivity index (χ3v) is 2.70. The molecule has 106 valence electrons. The lowest BCUT2D eigenvalue weighted by molar-refractivity contribution is 0.272. The molecule has 6 nitrogen and oxygen atoms in total. The van der Waals surface area contributed by atoms with Gasteiger partial charge in [0.05, 0.1) is 32.7 Å². The quantitative estimate of drug-likeness (QED) is 0.863. The van der Waals surface area contributed by atoms with E-state index in [0.29, 0.717) is 28.6 Å². The molecule has 6 heteroatoms. The van der Waals surface area contributed by atoms with Crippen molar-refractivity contribution in [3.8, 4) is 17.2 Å². The van der Waals surface area contributed by atoms with E-state index in [1.165, 1.54) is 0 Å². The highest BCUT2D eigenvalue weighted by atomic mass is 16.5. The summed E-state index contributed by atoms with van der Waals surface area (Å²) in [5.41, 5.74) is 1.23. The molecule has 0 aromatic carbocycles. The zero-order valence-electron chi connectivity index (χ0n) is 11.4. The predicted molar refractivity (Wildman–Crippen MR) is 71.8 cm³/mol. The molecular formula is C14H16N2O4. The van der Waals surface area contributed by atoms with Gasteiger partial charge in [0.15, 0.2) is 11.5 Å². The highest BCUT2D eigenvalue weighted by Crippen LogP contribution is 2.29. The summed E-state index contributed by atoms with van der Waals surface area (Å²) in [6, 6.07) is 5.16. The van der Waals surface area contributed by atoms with E-state index in [9.17, 15) is 0 Å². The summed E-state index contributed by atoms with van der Waals surface area (Å²) in [4.78, 5) is 8.25. The van der Waals surface area contributed by atoms with E-state index in [0.717, 1.165) is 0 Å². The third-order valence-electron chi connectivity index (χ3n) is 2.70. The molecular weight excluding hydrogens is 260 g/mol. The standard InChI is InChI=1S/C14H16N2O4/c1-18-13-5-6-15-12(14(13)19-2)9-20-11-4-3-10(8-17)16-7-11/h3-7,17H,8-9H2,1-2H3.